The number of nitrogens with one attached hydrogen (secondary N) is 2. The molecule has 0 spiro atoms. The molecule has 0 aliphatic rings. The average molecular weight is 335 g/mol. The van der Waals surface area contributed by atoms with Crippen LogP contribution in [0.15, 0.2) is 34.2 Å². The van der Waals surface area contributed by atoms with Crippen molar-refractivity contribution < 1.29 is 9.72 Å². The van der Waals surface area contributed by atoms with E-state index in [1.54, 1.807) is 6.92 Å². The van der Waals surface area contributed by atoms with Crippen molar-refractivity contribution in [2.45, 2.75) is 12.1 Å². The molecule has 0 aliphatic carbocycles. The van der Waals surface area contributed by atoms with E-state index in [9.17, 15) is 19.7 Å². The predicted octanol–water partition coefficient (Wildman–Crippen LogP) is 1.30. The highest BCUT2D eigenvalue weighted by molar-refractivity contribution is 7.99. The summed E-state index contributed by atoms with van der Waals surface area (Å²) in [6.07, 6.45) is 0. The number of benzene rings is 1. The Bertz CT molecular complexity index is 820. The Labute approximate surface area is 134 Å². The Morgan fingerprint density at radius 2 is 2.22 bits per heavy atom. The summed E-state index contributed by atoms with van der Waals surface area (Å²) >= 11 is 1.02. The minimum atomic E-state index is -0.504. The molecule has 23 heavy (non-hydrogen) atoms. The number of hydrogen-bond acceptors (Lipinski definition) is 7. The molecule has 0 bridgehead atoms. The summed E-state index contributed by atoms with van der Waals surface area (Å²) in [4.78, 5) is 39.7. The molecule has 1 amide bonds. The lowest BCUT2D eigenvalue weighted by molar-refractivity contribution is -0.384. The van der Waals surface area contributed by atoms with E-state index in [1.165, 1.54) is 18.2 Å². The number of nitrogens with two attached hydrogens (primary N) is 1. The Morgan fingerprint density at radius 1 is 1.48 bits per heavy atom. The van der Waals surface area contributed by atoms with Gasteiger partial charge in [-0.15, -0.1) is 0 Å². The number of nitrogens with zero attached hydrogens (tertiary/aromatic N) is 2. The quantitative estimate of drug-likeness (QED) is 0.323. The topological polar surface area (TPSA) is 144 Å². The standard InChI is InChI=1S/C13H13N5O4S/c1-7-4-8(18(21)22)2-3-9(7)15-12(20)6-23-13-16-10(14)5-11(19)17-13/h2-5H,6H2,1H3,(H,15,20)(H3,14,16,17,19). The van der Waals surface area contributed by atoms with Gasteiger partial charge in [-0.2, -0.15) is 0 Å². The number of nitrogen functional groups attached to an aromatic ring is 1. The number of rotatable bonds is 5. The zero-order chi connectivity index (χ0) is 17.0. The number of aromatic amines is 1. The van der Waals surface area contributed by atoms with Crippen molar-refractivity contribution in [3.8, 4) is 0 Å². The largest absolute Gasteiger partial charge is 0.383 e. The maximum atomic E-state index is 11.9. The summed E-state index contributed by atoms with van der Waals surface area (Å²) in [5.41, 5.74) is 6.06. The van der Waals surface area contributed by atoms with E-state index in [-0.39, 0.29) is 28.3 Å². The number of nitro benzene ring substituents is 1. The van der Waals surface area contributed by atoms with Crippen molar-refractivity contribution in [3.05, 3.63) is 50.3 Å². The van der Waals surface area contributed by atoms with Gasteiger partial charge in [-0.05, 0) is 18.6 Å². The zero-order valence-electron chi connectivity index (χ0n) is 12.0. The number of carbonyl (C=O) groups is 1. The molecule has 1 aromatic heterocycles. The first-order valence-corrected chi connectivity index (χ1v) is 7.38. The van der Waals surface area contributed by atoms with Crippen LogP contribution in [0.4, 0.5) is 17.2 Å². The number of H-pyrrole nitrogens is 1. The molecule has 120 valence electrons. The Hall–Kier alpha value is -2.88. The smallest absolute Gasteiger partial charge is 0.269 e. The van der Waals surface area contributed by atoms with Crippen molar-refractivity contribution >= 4 is 34.9 Å². The molecule has 4 N–H and O–H groups in total. The Kier molecular flexibility index (Phi) is 4.96. The molecule has 0 aliphatic heterocycles. The second kappa shape index (κ2) is 6.92. The van der Waals surface area contributed by atoms with Crippen LogP contribution in [0.2, 0.25) is 0 Å². The molecule has 2 rings (SSSR count). The van der Waals surface area contributed by atoms with Crippen LogP contribution >= 0.6 is 11.8 Å². The molecule has 1 heterocycles. The van der Waals surface area contributed by atoms with Gasteiger partial charge < -0.3 is 16.0 Å². The normalized spacial score (nSPS) is 10.3. The lowest BCUT2D eigenvalue weighted by Gasteiger charge is -2.08. The van der Waals surface area contributed by atoms with Crippen LogP contribution < -0.4 is 16.6 Å². The SMILES string of the molecule is Cc1cc([N+](=O)[O-])ccc1NC(=O)CSc1nc(N)cc(=O)[nH]1. The van der Waals surface area contributed by atoms with E-state index < -0.39 is 10.5 Å². The Morgan fingerprint density at radius 3 is 2.83 bits per heavy atom. The van der Waals surface area contributed by atoms with Crippen LogP contribution in [0.25, 0.3) is 0 Å². The number of nitro groups is 1. The summed E-state index contributed by atoms with van der Waals surface area (Å²) in [6.45, 7) is 1.66. The first-order valence-electron chi connectivity index (χ1n) is 6.39. The molecule has 0 unspecified atom stereocenters. The fraction of sp³-hybridized carbons (Fsp3) is 0.154. The third kappa shape index (κ3) is 4.54. The van der Waals surface area contributed by atoms with E-state index in [0.717, 1.165) is 17.8 Å². The van der Waals surface area contributed by atoms with Crippen molar-refractivity contribution in [2.24, 2.45) is 0 Å². The lowest BCUT2D eigenvalue weighted by atomic mass is 10.2. The van der Waals surface area contributed by atoms with Crippen molar-refractivity contribution in [1.82, 2.24) is 9.97 Å². The highest BCUT2D eigenvalue weighted by atomic mass is 32.2. The molecule has 0 radical (unpaired) electrons. The minimum Gasteiger partial charge on any atom is -0.383 e. The molecular weight excluding hydrogens is 322 g/mol. The monoisotopic (exact) mass is 335 g/mol. The first kappa shape index (κ1) is 16.5. The number of aryl methyl sites for hydroxylation is 1. The number of carbonyl (C=O) groups excluding carboxylic acids is 1. The number of anilines is 2. The van der Waals surface area contributed by atoms with Gasteiger partial charge in [-0.25, -0.2) is 4.98 Å². The summed E-state index contributed by atoms with van der Waals surface area (Å²) in [5, 5.41) is 13.6. The van der Waals surface area contributed by atoms with E-state index in [0.29, 0.717) is 11.3 Å². The number of hydrogen-bond donors (Lipinski definition) is 3. The third-order valence-corrected chi connectivity index (χ3v) is 3.65. The molecule has 2 aromatic rings. The fourth-order valence-corrected chi connectivity index (χ4v) is 2.43. The predicted molar refractivity (Wildman–Crippen MR) is 86.5 cm³/mol. The molecule has 1 aromatic carbocycles. The van der Waals surface area contributed by atoms with Gasteiger partial charge in [0.25, 0.3) is 11.2 Å². The van der Waals surface area contributed by atoms with Gasteiger partial charge in [0.15, 0.2) is 5.16 Å². The molecular formula is C13H13N5O4S. The fourth-order valence-electron chi connectivity index (χ4n) is 1.74. The van der Waals surface area contributed by atoms with Crippen LogP contribution in [0, 0.1) is 17.0 Å². The first-order chi connectivity index (χ1) is 10.8. The van der Waals surface area contributed by atoms with Gasteiger partial charge in [0, 0.05) is 23.9 Å². The van der Waals surface area contributed by atoms with Crippen LogP contribution in [0.3, 0.4) is 0 Å². The van der Waals surface area contributed by atoms with Gasteiger partial charge in [-0.3, -0.25) is 19.7 Å². The number of amides is 1. The maximum absolute atomic E-state index is 11.9. The Balaban J connectivity index is 1.99. The molecule has 0 atom stereocenters. The lowest BCUT2D eigenvalue weighted by Crippen LogP contribution is -2.16. The van der Waals surface area contributed by atoms with Crippen LogP contribution in [-0.4, -0.2) is 26.6 Å². The summed E-state index contributed by atoms with van der Waals surface area (Å²) < 4.78 is 0. The number of non-ortho nitro benzene ring substituents is 1. The number of aromatic nitrogens is 2. The van der Waals surface area contributed by atoms with Crippen LogP contribution in [0.1, 0.15) is 5.56 Å². The molecule has 0 fully saturated rings. The second-order valence-electron chi connectivity index (χ2n) is 4.57. The van der Waals surface area contributed by atoms with Crippen LogP contribution in [0.5, 0.6) is 0 Å². The second-order valence-corrected chi connectivity index (χ2v) is 5.53. The van der Waals surface area contributed by atoms with Crippen molar-refractivity contribution in [3.63, 3.8) is 0 Å². The van der Waals surface area contributed by atoms with Crippen molar-refractivity contribution in [1.29, 1.82) is 0 Å². The molecule has 0 saturated heterocycles. The van der Waals surface area contributed by atoms with E-state index >= 15 is 0 Å². The highest BCUT2D eigenvalue weighted by Crippen LogP contribution is 2.21. The third-order valence-electron chi connectivity index (χ3n) is 2.77. The maximum Gasteiger partial charge on any atom is 0.269 e. The highest BCUT2D eigenvalue weighted by Gasteiger charge is 2.11. The summed E-state index contributed by atoms with van der Waals surface area (Å²) in [7, 11) is 0. The summed E-state index contributed by atoms with van der Waals surface area (Å²) in [5.74, 6) is -0.261. The minimum absolute atomic E-state index is 0.00280. The van der Waals surface area contributed by atoms with E-state index in [4.69, 9.17) is 5.73 Å². The molecule has 0 saturated carbocycles. The molecule has 9 nitrogen and oxygen atoms in total. The average Bonchev–Trinajstić information content (AvgIpc) is 2.46. The van der Waals surface area contributed by atoms with E-state index in [1.807, 2.05) is 0 Å². The van der Waals surface area contributed by atoms with E-state index in [2.05, 4.69) is 15.3 Å². The van der Waals surface area contributed by atoms with Gasteiger partial charge in [-0.1, -0.05) is 11.8 Å². The zero-order valence-corrected chi connectivity index (χ0v) is 12.8. The van der Waals surface area contributed by atoms with Crippen molar-refractivity contribution in [2.75, 3.05) is 16.8 Å². The van der Waals surface area contributed by atoms with Gasteiger partial charge >= 0.3 is 0 Å². The van der Waals surface area contributed by atoms with Gasteiger partial charge in [0.05, 0.1) is 10.7 Å². The van der Waals surface area contributed by atoms with Crippen LogP contribution in [-0.2, 0) is 4.79 Å². The summed E-state index contributed by atoms with van der Waals surface area (Å²) in [6, 6.07) is 5.30. The molecule has 10 heteroatoms. The van der Waals surface area contributed by atoms with Gasteiger partial charge in [0.2, 0.25) is 5.91 Å². The number of thioether (sulfide) groups is 1. The van der Waals surface area contributed by atoms with Gasteiger partial charge in [0.1, 0.15) is 5.82 Å².